The summed E-state index contributed by atoms with van der Waals surface area (Å²) >= 11 is 0. The van der Waals surface area contributed by atoms with E-state index in [0.717, 1.165) is 18.7 Å². The lowest BCUT2D eigenvalue weighted by Gasteiger charge is -2.19. The van der Waals surface area contributed by atoms with Crippen LogP contribution in [0.15, 0.2) is 30.3 Å². The van der Waals surface area contributed by atoms with E-state index in [2.05, 4.69) is 0 Å². The highest BCUT2D eigenvalue weighted by atomic mass is 16.5. The summed E-state index contributed by atoms with van der Waals surface area (Å²) in [6, 6.07) is 10.0. The highest BCUT2D eigenvalue weighted by molar-refractivity contribution is 5.21. The highest BCUT2D eigenvalue weighted by Gasteiger charge is 2.27. The first kappa shape index (κ1) is 9.53. The number of benzene rings is 1. The molecular formula is C12H17NO. The summed E-state index contributed by atoms with van der Waals surface area (Å²) in [4.78, 5) is 0. The quantitative estimate of drug-likeness (QED) is 0.795. The molecule has 1 aliphatic rings. The Morgan fingerprint density at radius 3 is 2.71 bits per heavy atom. The maximum atomic E-state index is 5.90. The summed E-state index contributed by atoms with van der Waals surface area (Å²) in [6.07, 6.45) is 3.95. The fourth-order valence-corrected chi connectivity index (χ4v) is 2.10. The molecule has 76 valence electrons. The minimum Gasteiger partial charge on any atom is -0.490 e. The van der Waals surface area contributed by atoms with Crippen LogP contribution in [0.3, 0.4) is 0 Å². The van der Waals surface area contributed by atoms with Crippen LogP contribution in [-0.4, -0.2) is 12.6 Å². The van der Waals surface area contributed by atoms with Crippen LogP contribution in [-0.2, 0) is 0 Å². The number of hydrogen-bond acceptors (Lipinski definition) is 2. The lowest BCUT2D eigenvalue weighted by atomic mass is 10.1. The fraction of sp³-hybridized carbons (Fsp3) is 0.500. The Kier molecular flexibility index (Phi) is 3.04. The van der Waals surface area contributed by atoms with Crippen molar-refractivity contribution in [2.75, 3.05) is 6.54 Å². The van der Waals surface area contributed by atoms with Crippen molar-refractivity contribution < 1.29 is 4.74 Å². The van der Waals surface area contributed by atoms with Crippen LogP contribution < -0.4 is 10.5 Å². The molecule has 1 fully saturated rings. The molecule has 2 nitrogen and oxygen atoms in total. The van der Waals surface area contributed by atoms with Crippen molar-refractivity contribution >= 4 is 0 Å². The molecule has 2 heteroatoms. The molecule has 0 aromatic heterocycles. The normalized spacial score (nSPS) is 26.4. The Labute approximate surface area is 85.1 Å². The molecule has 2 atom stereocenters. The molecular weight excluding hydrogens is 174 g/mol. The maximum absolute atomic E-state index is 5.90. The van der Waals surface area contributed by atoms with Crippen LogP contribution in [0.25, 0.3) is 0 Å². The van der Waals surface area contributed by atoms with Crippen LogP contribution in [0.5, 0.6) is 5.75 Å². The lowest BCUT2D eigenvalue weighted by molar-refractivity contribution is 0.162. The topological polar surface area (TPSA) is 35.2 Å². The molecule has 1 aliphatic carbocycles. The molecule has 2 unspecified atom stereocenters. The van der Waals surface area contributed by atoms with Crippen LogP contribution in [0.4, 0.5) is 0 Å². The third-order valence-corrected chi connectivity index (χ3v) is 2.92. The van der Waals surface area contributed by atoms with Gasteiger partial charge in [-0.05, 0) is 37.9 Å². The van der Waals surface area contributed by atoms with E-state index in [1.807, 2.05) is 30.3 Å². The Balaban J connectivity index is 1.97. The van der Waals surface area contributed by atoms with Gasteiger partial charge in [-0.25, -0.2) is 0 Å². The second-order valence-electron chi connectivity index (χ2n) is 3.90. The van der Waals surface area contributed by atoms with E-state index in [1.54, 1.807) is 0 Å². The molecule has 0 saturated heterocycles. The number of para-hydroxylation sites is 1. The van der Waals surface area contributed by atoms with Crippen LogP contribution in [0, 0.1) is 5.92 Å². The van der Waals surface area contributed by atoms with Gasteiger partial charge >= 0.3 is 0 Å². The van der Waals surface area contributed by atoms with E-state index in [-0.39, 0.29) is 0 Å². The van der Waals surface area contributed by atoms with Crippen molar-refractivity contribution in [2.45, 2.75) is 25.4 Å². The SMILES string of the molecule is NCC1CCCC1Oc1ccccc1. The molecule has 0 aliphatic heterocycles. The summed E-state index contributed by atoms with van der Waals surface area (Å²) in [6.45, 7) is 0.748. The molecule has 0 heterocycles. The van der Waals surface area contributed by atoms with E-state index in [4.69, 9.17) is 10.5 Å². The lowest BCUT2D eigenvalue weighted by Crippen LogP contribution is -2.27. The Morgan fingerprint density at radius 1 is 1.21 bits per heavy atom. The van der Waals surface area contributed by atoms with Gasteiger partial charge in [0.05, 0.1) is 0 Å². The van der Waals surface area contributed by atoms with Gasteiger partial charge in [0.15, 0.2) is 0 Å². The number of hydrogen-bond donors (Lipinski definition) is 1. The minimum absolute atomic E-state index is 0.336. The van der Waals surface area contributed by atoms with E-state index in [9.17, 15) is 0 Å². The molecule has 1 aromatic rings. The third kappa shape index (κ3) is 2.07. The Hall–Kier alpha value is -1.02. The number of nitrogens with two attached hydrogens (primary N) is 1. The van der Waals surface area contributed by atoms with Gasteiger partial charge in [0, 0.05) is 5.92 Å². The van der Waals surface area contributed by atoms with Crippen molar-refractivity contribution in [3.63, 3.8) is 0 Å². The molecule has 1 saturated carbocycles. The molecule has 0 amide bonds. The van der Waals surface area contributed by atoms with Crippen molar-refractivity contribution in [3.8, 4) is 5.75 Å². The largest absolute Gasteiger partial charge is 0.490 e. The van der Waals surface area contributed by atoms with E-state index >= 15 is 0 Å². The summed E-state index contributed by atoms with van der Waals surface area (Å²) in [5.41, 5.74) is 5.70. The number of ether oxygens (including phenoxy) is 1. The first-order chi connectivity index (χ1) is 6.90. The van der Waals surface area contributed by atoms with E-state index in [0.29, 0.717) is 12.0 Å². The van der Waals surface area contributed by atoms with Crippen molar-refractivity contribution in [2.24, 2.45) is 11.7 Å². The summed E-state index contributed by atoms with van der Waals surface area (Å²) in [5.74, 6) is 1.52. The fourth-order valence-electron chi connectivity index (χ4n) is 2.10. The van der Waals surface area contributed by atoms with E-state index < -0.39 is 0 Å². The predicted octanol–water partition coefficient (Wildman–Crippen LogP) is 2.19. The van der Waals surface area contributed by atoms with Gasteiger partial charge in [0.25, 0.3) is 0 Å². The summed E-state index contributed by atoms with van der Waals surface area (Å²) in [7, 11) is 0. The maximum Gasteiger partial charge on any atom is 0.119 e. The third-order valence-electron chi connectivity index (χ3n) is 2.92. The predicted molar refractivity (Wildman–Crippen MR) is 57.3 cm³/mol. The molecule has 1 aromatic carbocycles. The van der Waals surface area contributed by atoms with Crippen molar-refractivity contribution in [3.05, 3.63) is 30.3 Å². The molecule has 14 heavy (non-hydrogen) atoms. The minimum atomic E-state index is 0.336. The van der Waals surface area contributed by atoms with Gasteiger partial charge in [-0.15, -0.1) is 0 Å². The molecule has 0 bridgehead atoms. The van der Waals surface area contributed by atoms with Crippen LogP contribution >= 0.6 is 0 Å². The average Bonchev–Trinajstić information content (AvgIpc) is 2.67. The second-order valence-corrected chi connectivity index (χ2v) is 3.90. The second kappa shape index (κ2) is 4.47. The monoisotopic (exact) mass is 191 g/mol. The summed E-state index contributed by atoms with van der Waals surface area (Å²) in [5, 5.41) is 0. The zero-order chi connectivity index (χ0) is 9.80. The standard InChI is InChI=1S/C12H17NO/c13-9-10-5-4-8-12(10)14-11-6-2-1-3-7-11/h1-3,6-7,10,12H,4-5,8-9,13H2. The van der Waals surface area contributed by atoms with Gasteiger partial charge < -0.3 is 10.5 Å². The average molecular weight is 191 g/mol. The molecule has 2 rings (SSSR count). The highest BCUT2D eigenvalue weighted by Crippen LogP contribution is 2.28. The molecule has 2 N–H and O–H groups in total. The smallest absolute Gasteiger partial charge is 0.119 e. The van der Waals surface area contributed by atoms with Crippen LogP contribution in [0.1, 0.15) is 19.3 Å². The number of rotatable bonds is 3. The van der Waals surface area contributed by atoms with Gasteiger partial charge in [0.1, 0.15) is 11.9 Å². The Bertz CT molecular complexity index is 273. The first-order valence-electron chi connectivity index (χ1n) is 5.32. The summed E-state index contributed by atoms with van der Waals surface area (Å²) < 4.78 is 5.90. The Morgan fingerprint density at radius 2 is 2.00 bits per heavy atom. The van der Waals surface area contributed by atoms with Crippen molar-refractivity contribution in [1.82, 2.24) is 0 Å². The first-order valence-corrected chi connectivity index (χ1v) is 5.32. The zero-order valence-electron chi connectivity index (χ0n) is 8.36. The van der Waals surface area contributed by atoms with E-state index in [1.165, 1.54) is 12.8 Å². The van der Waals surface area contributed by atoms with Gasteiger partial charge in [-0.3, -0.25) is 0 Å². The molecule has 0 radical (unpaired) electrons. The zero-order valence-corrected chi connectivity index (χ0v) is 8.36. The van der Waals surface area contributed by atoms with Gasteiger partial charge in [-0.2, -0.15) is 0 Å². The van der Waals surface area contributed by atoms with Crippen molar-refractivity contribution in [1.29, 1.82) is 0 Å². The molecule has 0 spiro atoms. The van der Waals surface area contributed by atoms with Crippen LogP contribution in [0.2, 0.25) is 0 Å². The van der Waals surface area contributed by atoms with Gasteiger partial charge in [0.2, 0.25) is 0 Å². The van der Waals surface area contributed by atoms with Gasteiger partial charge in [-0.1, -0.05) is 18.2 Å².